The lowest BCUT2D eigenvalue weighted by Gasteiger charge is -2.06. The van der Waals surface area contributed by atoms with Crippen LogP contribution in [-0.4, -0.2) is 5.78 Å². The van der Waals surface area contributed by atoms with Crippen LogP contribution >= 0.6 is 0 Å². The molecule has 1 rings (SSSR count). The Kier molecular flexibility index (Phi) is 8.20. The van der Waals surface area contributed by atoms with Crippen LogP contribution in [0.15, 0.2) is 24.3 Å². The second-order valence-electron chi connectivity index (χ2n) is 5.44. The maximum absolute atomic E-state index is 11.5. The van der Waals surface area contributed by atoms with Crippen molar-refractivity contribution in [1.29, 1.82) is 0 Å². The smallest absolute Gasteiger partial charge is 0.160 e. The van der Waals surface area contributed by atoms with Gasteiger partial charge in [-0.1, -0.05) is 76.1 Å². The molecule has 0 N–H and O–H groups in total. The Labute approximate surface area is 118 Å². The van der Waals surface area contributed by atoms with Gasteiger partial charge >= 0.3 is 0 Å². The molecule has 1 aromatic carbocycles. The Balaban J connectivity index is 2.17. The first-order valence-corrected chi connectivity index (χ1v) is 7.84. The predicted octanol–water partition coefficient (Wildman–Crippen LogP) is 5.57. The van der Waals surface area contributed by atoms with Crippen molar-refractivity contribution in [2.45, 2.75) is 71.6 Å². The number of aryl methyl sites for hydroxylation is 1. The van der Waals surface area contributed by atoms with Gasteiger partial charge < -0.3 is 0 Å². The van der Waals surface area contributed by atoms with Gasteiger partial charge in [0.05, 0.1) is 0 Å². The van der Waals surface area contributed by atoms with E-state index in [1.54, 1.807) is 6.92 Å². The molecule has 0 saturated heterocycles. The van der Waals surface area contributed by atoms with Gasteiger partial charge in [-0.15, -0.1) is 0 Å². The number of Topliss-reactive ketones (excluding diaryl/α,β-unsaturated/α-hetero) is 1. The molecular formula is C18H28O. The van der Waals surface area contributed by atoms with Crippen molar-refractivity contribution in [2.75, 3.05) is 0 Å². The Morgan fingerprint density at radius 3 is 2.11 bits per heavy atom. The van der Waals surface area contributed by atoms with E-state index in [9.17, 15) is 4.79 Å². The van der Waals surface area contributed by atoms with E-state index in [4.69, 9.17) is 0 Å². The zero-order valence-corrected chi connectivity index (χ0v) is 12.6. The summed E-state index contributed by atoms with van der Waals surface area (Å²) < 4.78 is 0. The molecule has 0 radical (unpaired) electrons. The number of hydrogen-bond donors (Lipinski definition) is 0. The zero-order valence-electron chi connectivity index (χ0n) is 12.6. The highest BCUT2D eigenvalue weighted by Gasteiger charge is 2.05. The number of ketones is 1. The fourth-order valence-electron chi connectivity index (χ4n) is 2.53. The molecule has 1 aromatic rings. The summed E-state index contributed by atoms with van der Waals surface area (Å²) in [4.78, 5) is 11.5. The van der Waals surface area contributed by atoms with E-state index >= 15 is 0 Å². The van der Waals surface area contributed by atoms with Gasteiger partial charge in [-0.3, -0.25) is 4.79 Å². The molecule has 0 fully saturated rings. The second kappa shape index (κ2) is 9.77. The summed E-state index contributed by atoms with van der Waals surface area (Å²) in [7, 11) is 0. The van der Waals surface area contributed by atoms with E-state index in [1.807, 2.05) is 18.2 Å². The molecule has 0 saturated carbocycles. The highest BCUT2D eigenvalue weighted by molar-refractivity contribution is 5.95. The minimum absolute atomic E-state index is 0.190. The van der Waals surface area contributed by atoms with Crippen LogP contribution in [0.3, 0.4) is 0 Å². The fourth-order valence-corrected chi connectivity index (χ4v) is 2.53. The normalized spacial score (nSPS) is 10.6. The first-order chi connectivity index (χ1) is 9.25. The van der Waals surface area contributed by atoms with E-state index in [-0.39, 0.29) is 5.78 Å². The molecule has 0 aliphatic carbocycles. The molecule has 0 atom stereocenters. The maximum Gasteiger partial charge on any atom is 0.160 e. The van der Waals surface area contributed by atoms with Gasteiger partial charge in [0.15, 0.2) is 5.78 Å². The second-order valence-corrected chi connectivity index (χ2v) is 5.44. The third-order valence-corrected chi connectivity index (χ3v) is 3.70. The van der Waals surface area contributed by atoms with Gasteiger partial charge in [-0.2, -0.15) is 0 Å². The van der Waals surface area contributed by atoms with Gasteiger partial charge in [0, 0.05) is 5.56 Å². The molecule has 0 spiro atoms. The first kappa shape index (κ1) is 15.9. The van der Waals surface area contributed by atoms with Crippen molar-refractivity contribution in [3.05, 3.63) is 35.4 Å². The summed E-state index contributed by atoms with van der Waals surface area (Å²) in [5, 5.41) is 0. The average Bonchev–Trinajstić information content (AvgIpc) is 2.42. The highest BCUT2D eigenvalue weighted by Crippen LogP contribution is 2.15. The quantitative estimate of drug-likeness (QED) is 0.397. The number of hydrogen-bond acceptors (Lipinski definition) is 1. The summed E-state index contributed by atoms with van der Waals surface area (Å²) in [6.07, 6.45) is 11.7. The number of carbonyl (C=O) groups excluding carboxylic acids is 1. The minimum Gasteiger partial charge on any atom is -0.295 e. The van der Waals surface area contributed by atoms with Crippen LogP contribution in [0.2, 0.25) is 0 Å². The van der Waals surface area contributed by atoms with Crippen LogP contribution in [0, 0.1) is 0 Å². The Morgan fingerprint density at radius 2 is 1.47 bits per heavy atom. The van der Waals surface area contributed by atoms with Gasteiger partial charge in [0.25, 0.3) is 0 Å². The largest absolute Gasteiger partial charge is 0.295 e. The molecule has 0 unspecified atom stereocenters. The third kappa shape index (κ3) is 6.56. The molecular weight excluding hydrogens is 232 g/mol. The topological polar surface area (TPSA) is 17.1 Å². The average molecular weight is 260 g/mol. The molecule has 0 aromatic heterocycles. The summed E-state index contributed by atoms with van der Waals surface area (Å²) in [5.74, 6) is 0.190. The number of carbonyl (C=O) groups is 1. The summed E-state index contributed by atoms with van der Waals surface area (Å²) in [6, 6.07) is 8.03. The SMILES string of the molecule is CCCCCCCCCCc1ccccc1C(C)=O. The lowest BCUT2D eigenvalue weighted by Crippen LogP contribution is -1.99. The molecule has 19 heavy (non-hydrogen) atoms. The van der Waals surface area contributed by atoms with Crippen molar-refractivity contribution in [3.63, 3.8) is 0 Å². The van der Waals surface area contributed by atoms with Crippen molar-refractivity contribution in [1.82, 2.24) is 0 Å². The van der Waals surface area contributed by atoms with Crippen LogP contribution in [0.1, 0.15) is 81.1 Å². The molecule has 106 valence electrons. The summed E-state index contributed by atoms with van der Waals surface area (Å²) in [6.45, 7) is 3.92. The number of benzene rings is 1. The molecule has 0 bridgehead atoms. The third-order valence-electron chi connectivity index (χ3n) is 3.70. The van der Waals surface area contributed by atoms with Crippen molar-refractivity contribution < 1.29 is 4.79 Å². The van der Waals surface area contributed by atoms with Crippen molar-refractivity contribution >= 4 is 5.78 Å². The summed E-state index contributed by atoms with van der Waals surface area (Å²) >= 11 is 0. The van der Waals surface area contributed by atoms with Gasteiger partial charge in [-0.05, 0) is 25.3 Å². The van der Waals surface area contributed by atoms with Crippen LogP contribution in [0.5, 0.6) is 0 Å². The molecule has 1 nitrogen and oxygen atoms in total. The van der Waals surface area contributed by atoms with E-state index in [0.717, 1.165) is 12.0 Å². The highest BCUT2D eigenvalue weighted by atomic mass is 16.1. The molecule has 0 aliphatic heterocycles. The van der Waals surface area contributed by atoms with E-state index in [2.05, 4.69) is 13.0 Å². The lowest BCUT2D eigenvalue weighted by molar-refractivity contribution is 0.101. The molecule has 1 heteroatoms. The van der Waals surface area contributed by atoms with Gasteiger partial charge in [-0.25, -0.2) is 0 Å². The Morgan fingerprint density at radius 1 is 0.895 bits per heavy atom. The van der Waals surface area contributed by atoms with E-state index in [1.165, 1.54) is 56.9 Å². The standard InChI is InChI=1S/C18H28O/c1-3-4-5-6-7-8-9-10-13-17-14-11-12-15-18(17)16(2)19/h11-12,14-15H,3-10,13H2,1-2H3. The van der Waals surface area contributed by atoms with Crippen LogP contribution < -0.4 is 0 Å². The zero-order chi connectivity index (χ0) is 13.9. The van der Waals surface area contributed by atoms with Gasteiger partial charge in [0.2, 0.25) is 0 Å². The number of unbranched alkanes of at least 4 members (excludes halogenated alkanes) is 7. The lowest BCUT2D eigenvalue weighted by atomic mass is 9.98. The van der Waals surface area contributed by atoms with Crippen molar-refractivity contribution in [3.8, 4) is 0 Å². The maximum atomic E-state index is 11.5. The van der Waals surface area contributed by atoms with Crippen LogP contribution in [0.25, 0.3) is 0 Å². The molecule has 0 heterocycles. The van der Waals surface area contributed by atoms with Gasteiger partial charge in [0.1, 0.15) is 0 Å². The summed E-state index contributed by atoms with van der Waals surface area (Å²) in [5.41, 5.74) is 2.13. The van der Waals surface area contributed by atoms with E-state index < -0.39 is 0 Å². The van der Waals surface area contributed by atoms with Crippen LogP contribution in [-0.2, 0) is 6.42 Å². The Bertz CT molecular complexity index is 368. The van der Waals surface area contributed by atoms with Crippen molar-refractivity contribution in [2.24, 2.45) is 0 Å². The van der Waals surface area contributed by atoms with E-state index in [0.29, 0.717) is 0 Å². The molecule has 0 aliphatic rings. The van der Waals surface area contributed by atoms with Crippen LogP contribution in [0.4, 0.5) is 0 Å². The minimum atomic E-state index is 0.190. The fraction of sp³-hybridized carbons (Fsp3) is 0.611. The molecule has 0 amide bonds. The monoisotopic (exact) mass is 260 g/mol. The Hall–Kier alpha value is -1.11. The first-order valence-electron chi connectivity index (χ1n) is 7.84. The number of rotatable bonds is 10. The predicted molar refractivity (Wildman–Crippen MR) is 82.8 cm³/mol.